The Morgan fingerprint density at radius 2 is 1.80 bits per heavy atom. The number of hydrogen-bond donors (Lipinski definition) is 1. The van der Waals surface area contributed by atoms with Crippen LogP contribution >= 0.6 is 0 Å². The molecule has 5 nitrogen and oxygen atoms in total. The highest BCUT2D eigenvalue weighted by atomic mass is 16.3. The highest BCUT2D eigenvalue weighted by molar-refractivity contribution is 6.21. The largest absolute Gasteiger partial charge is 0.393 e. The highest BCUT2D eigenvalue weighted by Gasteiger charge is 2.37. The summed E-state index contributed by atoms with van der Waals surface area (Å²) in [7, 11) is 0. The van der Waals surface area contributed by atoms with E-state index in [0.717, 1.165) is 0 Å². The van der Waals surface area contributed by atoms with Gasteiger partial charge in [-0.15, -0.1) is 0 Å². The molecule has 1 saturated heterocycles. The van der Waals surface area contributed by atoms with Gasteiger partial charge in [-0.3, -0.25) is 19.4 Å². The van der Waals surface area contributed by atoms with E-state index in [1.807, 2.05) is 6.92 Å². The summed E-state index contributed by atoms with van der Waals surface area (Å²) in [6.07, 6.45) is 0.401. The fraction of sp³-hybridized carbons (Fsp3) is 0.467. The Morgan fingerprint density at radius 1 is 1.20 bits per heavy atom. The number of nitrogens with zero attached hydrogens (tertiary/aromatic N) is 2. The van der Waals surface area contributed by atoms with E-state index in [0.29, 0.717) is 37.3 Å². The SMILES string of the molecule is CC1CN(CN2C(=O)c3ccccc3C2=O)CCC1O. The second kappa shape index (κ2) is 5.00. The molecule has 2 aliphatic heterocycles. The Morgan fingerprint density at radius 3 is 2.35 bits per heavy atom. The molecule has 1 N–H and O–H groups in total. The van der Waals surface area contributed by atoms with E-state index in [-0.39, 0.29) is 23.8 Å². The summed E-state index contributed by atoms with van der Waals surface area (Å²) in [5, 5.41) is 9.73. The van der Waals surface area contributed by atoms with E-state index in [4.69, 9.17) is 0 Å². The lowest BCUT2D eigenvalue weighted by Gasteiger charge is -2.35. The Bertz CT molecular complexity index is 523. The number of benzene rings is 1. The summed E-state index contributed by atoms with van der Waals surface area (Å²) >= 11 is 0. The van der Waals surface area contributed by atoms with Gasteiger partial charge < -0.3 is 5.11 Å². The van der Waals surface area contributed by atoms with Crippen molar-refractivity contribution in [3.8, 4) is 0 Å². The van der Waals surface area contributed by atoms with Crippen LogP contribution in [0, 0.1) is 5.92 Å². The average molecular weight is 274 g/mol. The van der Waals surface area contributed by atoms with Gasteiger partial charge in [-0.2, -0.15) is 0 Å². The van der Waals surface area contributed by atoms with Gasteiger partial charge in [0, 0.05) is 13.1 Å². The summed E-state index contributed by atoms with van der Waals surface area (Å²) in [5.41, 5.74) is 0.977. The molecule has 2 atom stereocenters. The Balaban J connectivity index is 1.74. The molecule has 1 aromatic rings. The number of piperidine rings is 1. The molecule has 0 aromatic heterocycles. The van der Waals surface area contributed by atoms with Crippen LogP contribution in [0.3, 0.4) is 0 Å². The smallest absolute Gasteiger partial charge is 0.262 e. The topological polar surface area (TPSA) is 60.9 Å². The van der Waals surface area contributed by atoms with Crippen molar-refractivity contribution in [1.82, 2.24) is 9.80 Å². The van der Waals surface area contributed by atoms with Gasteiger partial charge in [0.05, 0.1) is 23.9 Å². The molecule has 2 unspecified atom stereocenters. The van der Waals surface area contributed by atoms with Gasteiger partial charge in [0.25, 0.3) is 11.8 Å². The first-order valence-corrected chi connectivity index (χ1v) is 6.93. The van der Waals surface area contributed by atoms with Crippen LogP contribution in [0.15, 0.2) is 24.3 Å². The lowest BCUT2D eigenvalue weighted by Crippen LogP contribution is -2.48. The van der Waals surface area contributed by atoms with E-state index in [1.54, 1.807) is 24.3 Å². The van der Waals surface area contributed by atoms with Crippen molar-refractivity contribution in [3.63, 3.8) is 0 Å². The zero-order valence-corrected chi connectivity index (χ0v) is 11.5. The van der Waals surface area contributed by atoms with Crippen LogP contribution in [0.2, 0.25) is 0 Å². The fourth-order valence-electron chi connectivity index (χ4n) is 2.92. The van der Waals surface area contributed by atoms with Crippen LogP contribution in [0.25, 0.3) is 0 Å². The lowest BCUT2D eigenvalue weighted by molar-refractivity contribution is 0.0136. The maximum absolute atomic E-state index is 12.3. The van der Waals surface area contributed by atoms with Crippen molar-refractivity contribution in [1.29, 1.82) is 0 Å². The molecular formula is C15H18N2O3. The van der Waals surface area contributed by atoms with Gasteiger partial charge in [0.1, 0.15) is 0 Å². The fourth-order valence-corrected chi connectivity index (χ4v) is 2.92. The average Bonchev–Trinajstić information content (AvgIpc) is 2.69. The maximum Gasteiger partial charge on any atom is 0.262 e. The first kappa shape index (κ1) is 13.3. The minimum atomic E-state index is -0.284. The molecular weight excluding hydrogens is 256 g/mol. The summed E-state index contributed by atoms with van der Waals surface area (Å²) < 4.78 is 0. The summed E-state index contributed by atoms with van der Waals surface area (Å²) in [6, 6.07) is 6.93. The number of amides is 2. The number of imide groups is 1. The van der Waals surface area contributed by atoms with Gasteiger partial charge in [-0.25, -0.2) is 0 Å². The molecule has 106 valence electrons. The van der Waals surface area contributed by atoms with Gasteiger partial charge in [0.15, 0.2) is 0 Å². The maximum atomic E-state index is 12.3. The van der Waals surface area contributed by atoms with Crippen molar-refractivity contribution in [3.05, 3.63) is 35.4 Å². The minimum Gasteiger partial charge on any atom is -0.393 e. The van der Waals surface area contributed by atoms with Gasteiger partial charge >= 0.3 is 0 Å². The number of carbonyl (C=O) groups is 2. The molecule has 3 rings (SSSR count). The van der Waals surface area contributed by atoms with E-state index >= 15 is 0 Å². The molecule has 0 spiro atoms. The van der Waals surface area contributed by atoms with E-state index < -0.39 is 0 Å². The van der Waals surface area contributed by atoms with Crippen molar-refractivity contribution in [2.45, 2.75) is 19.4 Å². The summed E-state index contributed by atoms with van der Waals surface area (Å²) in [6.45, 7) is 3.70. The standard InChI is InChI=1S/C15H18N2O3/c1-10-8-16(7-6-13(10)18)9-17-14(19)11-4-2-3-5-12(11)15(17)20/h2-5,10,13,18H,6-9H2,1H3. The van der Waals surface area contributed by atoms with Crippen molar-refractivity contribution < 1.29 is 14.7 Å². The van der Waals surface area contributed by atoms with Crippen LogP contribution < -0.4 is 0 Å². The van der Waals surface area contributed by atoms with Gasteiger partial charge in [0.2, 0.25) is 0 Å². The number of aliphatic hydroxyl groups is 1. The van der Waals surface area contributed by atoms with E-state index in [1.165, 1.54) is 4.90 Å². The van der Waals surface area contributed by atoms with Crippen molar-refractivity contribution >= 4 is 11.8 Å². The summed E-state index contributed by atoms with van der Waals surface area (Å²) in [5.74, 6) is -0.271. The van der Waals surface area contributed by atoms with Crippen LogP contribution in [0.5, 0.6) is 0 Å². The Labute approximate surface area is 117 Å². The third-order valence-electron chi connectivity index (χ3n) is 4.16. The molecule has 1 aromatic carbocycles. The zero-order valence-electron chi connectivity index (χ0n) is 11.5. The number of hydrogen-bond acceptors (Lipinski definition) is 4. The molecule has 2 amide bonds. The number of rotatable bonds is 2. The van der Waals surface area contributed by atoms with E-state index in [2.05, 4.69) is 4.90 Å². The quantitative estimate of drug-likeness (QED) is 0.815. The first-order chi connectivity index (χ1) is 9.58. The normalized spacial score (nSPS) is 27.0. The van der Waals surface area contributed by atoms with Gasteiger partial charge in [-0.1, -0.05) is 19.1 Å². The number of aliphatic hydroxyl groups excluding tert-OH is 1. The number of likely N-dealkylation sites (tertiary alicyclic amines) is 1. The minimum absolute atomic E-state index is 0.166. The Hall–Kier alpha value is -1.72. The highest BCUT2D eigenvalue weighted by Crippen LogP contribution is 2.24. The second-order valence-corrected chi connectivity index (χ2v) is 5.64. The third kappa shape index (κ3) is 2.13. The molecule has 20 heavy (non-hydrogen) atoms. The van der Waals surface area contributed by atoms with Crippen LogP contribution in [0.1, 0.15) is 34.1 Å². The molecule has 5 heteroatoms. The molecule has 2 heterocycles. The van der Waals surface area contributed by atoms with Crippen LogP contribution in [-0.2, 0) is 0 Å². The number of carbonyl (C=O) groups excluding carboxylic acids is 2. The van der Waals surface area contributed by atoms with Gasteiger partial charge in [-0.05, 0) is 24.5 Å². The monoisotopic (exact) mass is 274 g/mol. The molecule has 1 fully saturated rings. The number of fused-ring (bicyclic) bond motifs is 1. The summed E-state index contributed by atoms with van der Waals surface area (Å²) in [4.78, 5) is 27.9. The predicted molar refractivity (Wildman–Crippen MR) is 73.2 cm³/mol. The molecule has 0 radical (unpaired) electrons. The Kier molecular flexibility index (Phi) is 3.31. The van der Waals surface area contributed by atoms with Crippen molar-refractivity contribution in [2.75, 3.05) is 19.8 Å². The molecule has 0 aliphatic carbocycles. The van der Waals surface area contributed by atoms with E-state index in [9.17, 15) is 14.7 Å². The molecule has 2 aliphatic rings. The predicted octanol–water partition coefficient (Wildman–Crippen LogP) is 0.943. The molecule has 0 saturated carbocycles. The molecule has 0 bridgehead atoms. The van der Waals surface area contributed by atoms with Crippen LogP contribution in [0.4, 0.5) is 0 Å². The third-order valence-corrected chi connectivity index (χ3v) is 4.16. The lowest BCUT2D eigenvalue weighted by atomic mass is 9.97. The van der Waals surface area contributed by atoms with Crippen molar-refractivity contribution in [2.24, 2.45) is 5.92 Å². The zero-order chi connectivity index (χ0) is 14.3. The second-order valence-electron chi connectivity index (χ2n) is 5.64. The van der Waals surface area contributed by atoms with Crippen LogP contribution in [-0.4, -0.2) is 52.6 Å². The first-order valence-electron chi connectivity index (χ1n) is 6.93.